The summed E-state index contributed by atoms with van der Waals surface area (Å²) in [5.41, 5.74) is 2.78. The fourth-order valence-corrected chi connectivity index (χ4v) is 2.69. The zero-order chi connectivity index (χ0) is 15.9. The van der Waals surface area contributed by atoms with Gasteiger partial charge >= 0.3 is 0 Å². The molecule has 5 heteroatoms. The van der Waals surface area contributed by atoms with Crippen molar-refractivity contribution in [1.82, 2.24) is 15.5 Å². The number of nitrogens with zero attached hydrogens (tertiary/aromatic N) is 2. The van der Waals surface area contributed by atoms with Gasteiger partial charge in [-0.1, -0.05) is 24.3 Å². The first kappa shape index (κ1) is 16.3. The largest absolute Gasteiger partial charge is 0.356 e. The molecule has 5 nitrogen and oxygen atoms in total. The third kappa shape index (κ3) is 4.48. The maximum atomic E-state index is 11.7. The number of benzene rings is 1. The maximum absolute atomic E-state index is 11.7. The fourth-order valence-electron chi connectivity index (χ4n) is 2.69. The van der Waals surface area contributed by atoms with Gasteiger partial charge in [0.2, 0.25) is 5.91 Å². The van der Waals surface area contributed by atoms with Crippen molar-refractivity contribution in [1.29, 1.82) is 0 Å². The van der Waals surface area contributed by atoms with Gasteiger partial charge in [-0.05, 0) is 31.4 Å². The zero-order valence-electron chi connectivity index (χ0n) is 13.7. The molecule has 0 bridgehead atoms. The number of fused-ring (bicyclic) bond motifs is 1. The van der Waals surface area contributed by atoms with Gasteiger partial charge in [-0.25, -0.2) is 0 Å². The number of rotatable bonds is 4. The van der Waals surface area contributed by atoms with Crippen LogP contribution in [0.2, 0.25) is 0 Å². The number of aliphatic imine (C=N–C) groups is 1. The predicted molar refractivity (Wildman–Crippen MR) is 89.8 cm³/mol. The van der Waals surface area contributed by atoms with Crippen LogP contribution in [0.15, 0.2) is 29.3 Å². The summed E-state index contributed by atoms with van der Waals surface area (Å²) >= 11 is 0. The second kappa shape index (κ2) is 7.82. The highest BCUT2D eigenvalue weighted by Gasteiger charge is 2.18. The molecule has 0 spiro atoms. The third-order valence-electron chi connectivity index (χ3n) is 3.73. The van der Waals surface area contributed by atoms with Crippen LogP contribution in [-0.2, 0) is 17.8 Å². The number of nitrogens with one attached hydrogen (secondary N) is 2. The van der Waals surface area contributed by atoms with E-state index in [9.17, 15) is 4.79 Å². The first-order chi connectivity index (χ1) is 10.6. The second-order valence-corrected chi connectivity index (χ2v) is 5.89. The smallest absolute Gasteiger partial charge is 0.221 e. The van der Waals surface area contributed by atoms with Crippen LogP contribution in [0, 0.1) is 0 Å². The Kier molecular flexibility index (Phi) is 5.81. The molecule has 1 amide bonds. The highest BCUT2D eigenvalue weighted by atomic mass is 16.1. The lowest BCUT2D eigenvalue weighted by atomic mass is 10.0. The molecule has 0 unspecified atom stereocenters. The number of hydrogen-bond acceptors (Lipinski definition) is 2. The van der Waals surface area contributed by atoms with E-state index in [1.165, 1.54) is 11.1 Å². The van der Waals surface area contributed by atoms with Crippen LogP contribution in [0.3, 0.4) is 0 Å². The van der Waals surface area contributed by atoms with Crippen molar-refractivity contribution >= 4 is 11.9 Å². The van der Waals surface area contributed by atoms with E-state index in [-0.39, 0.29) is 11.9 Å². The van der Waals surface area contributed by atoms with Gasteiger partial charge < -0.3 is 15.5 Å². The van der Waals surface area contributed by atoms with Gasteiger partial charge in [0.25, 0.3) is 0 Å². The molecule has 1 aliphatic rings. The quantitative estimate of drug-likeness (QED) is 0.655. The standard InChI is InChI=1S/C17H26N4O/c1-13(2)20-16(22)8-10-19-17(18-3)21-11-9-14-6-4-5-7-15(14)12-21/h4-7,13H,8-12H2,1-3H3,(H,18,19)(H,20,22). The minimum atomic E-state index is 0.0712. The van der Waals surface area contributed by atoms with Crippen LogP contribution in [0.1, 0.15) is 31.4 Å². The molecular weight excluding hydrogens is 276 g/mol. The molecule has 2 rings (SSSR count). The molecule has 0 fully saturated rings. The van der Waals surface area contributed by atoms with Crippen molar-refractivity contribution in [3.05, 3.63) is 35.4 Å². The number of carbonyl (C=O) groups is 1. The van der Waals surface area contributed by atoms with Gasteiger partial charge in [0.15, 0.2) is 5.96 Å². The summed E-state index contributed by atoms with van der Waals surface area (Å²) in [6.45, 7) is 6.36. The monoisotopic (exact) mass is 302 g/mol. The Labute approximate surface area is 132 Å². The number of amides is 1. The van der Waals surface area contributed by atoms with E-state index < -0.39 is 0 Å². The van der Waals surface area contributed by atoms with Gasteiger partial charge in [0, 0.05) is 39.1 Å². The summed E-state index contributed by atoms with van der Waals surface area (Å²) in [7, 11) is 1.79. The molecule has 2 N–H and O–H groups in total. The predicted octanol–water partition coefficient (Wildman–Crippen LogP) is 1.53. The Morgan fingerprint density at radius 3 is 2.73 bits per heavy atom. The molecule has 120 valence electrons. The molecule has 1 aromatic carbocycles. The van der Waals surface area contributed by atoms with Crippen molar-refractivity contribution in [2.45, 2.75) is 39.3 Å². The minimum Gasteiger partial charge on any atom is -0.356 e. The first-order valence-corrected chi connectivity index (χ1v) is 7.92. The van der Waals surface area contributed by atoms with Crippen LogP contribution in [0.5, 0.6) is 0 Å². The average Bonchev–Trinajstić information content (AvgIpc) is 2.50. The summed E-state index contributed by atoms with van der Waals surface area (Å²) in [5, 5.41) is 6.18. The van der Waals surface area contributed by atoms with Crippen molar-refractivity contribution in [2.24, 2.45) is 4.99 Å². The van der Waals surface area contributed by atoms with Crippen LogP contribution >= 0.6 is 0 Å². The molecule has 0 radical (unpaired) electrons. The van der Waals surface area contributed by atoms with Gasteiger partial charge in [0.1, 0.15) is 0 Å². The van der Waals surface area contributed by atoms with E-state index in [4.69, 9.17) is 0 Å². The molecule has 0 aromatic heterocycles. The molecule has 0 aliphatic carbocycles. The number of carbonyl (C=O) groups excluding carboxylic acids is 1. The van der Waals surface area contributed by atoms with Crippen molar-refractivity contribution in [3.63, 3.8) is 0 Å². The maximum Gasteiger partial charge on any atom is 0.221 e. The highest BCUT2D eigenvalue weighted by Crippen LogP contribution is 2.18. The number of guanidine groups is 1. The van der Waals surface area contributed by atoms with E-state index in [2.05, 4.69) is 44.8 Å². The van der Waals surface area contributed by atoms with Crippen molar-refractivity contribution in [3.8, 4) is 0 Å². The highest BCUT2D eigenvalue weighted by molar-refractivity contribution is 5.81. The molecule has 1 aliphatic heterocycles. The molecular formula is C17H26N4O. The fraction of sp³-hybridized carbons (Fsp3) is 0.529. The molecule has 0 saturated carbocycles. The summed E-state index contributed by atoms with van der Waals surface area (Å²) < 4.78 is 0. The van der Waals surface area contributed by atoms with E-state index >= 15 is 0 Å². The van der Waals surface area contributed by atoms with Gasteiger partial charge in [-0.15, -0.1) is 0 Å². The molecule has 1 heterocycles. The SMILES string of the molecule is CN=C(NCCC(=O)NC(C)C)N1CCc2ccccc2C1. The third-order valence-corrected chi connectivity index (χ3v) is 3.73. The molecule has 1 aromatic rings. The Morgan fingerprint density at radius 2 is 2.05 bits per heavy atom. The second-order valence-electron chi connectivity index (χ2n) is 5.89. The molecule has 0 atom stereocenters. The van der Waals surface area contributed by atoms with E-state index in [0.717, 1.165) is 25.5 Å². The molecule has 0 saturated heterocycles. The topological polar surface area (TPSA) is 56.7 Å². The average molecular weight is 302 g/mol. The lowest BCUT2D eigenvalue weighted by Crippen LogP contribution is -2.45. The van der Waals surface area contributed by atoms with Crippen molar-refractivity contribution in [2.75, 3.05) is 20.1 Å². The van der Waals surface area contributed by atoms with Gasteiger partial charge in [-0.2, -0.15) is 0 Å². The Hall–Kier alpha value is -2.04. The number of hydrogen-bond donors (Lipinski definition) is 2. The summed E-state index contributed by atoms with van der Waals surface area (Å²) in [5.74, 6) is 0.939. The lowest BCUT2D eigenvalue weighted by Gasteiger charge is -2.31. The Bertz CT molecular complexity index is 539. The van der Waals surface area contributed by atoms with E-state index in [1.54, 1.807) is 7.05 Å². The normalized spacial score (nSPS) is 14.7. The van der Waals surface area contributed by atoms with Gasteiger partial charge in [0.05, 0.1) is 0 Å². The summed E-state index contributed by atoms with van der Waals surface area (Å²) in [6.07, 6.45) is 1.49. The zero-order valence-corrected chi connectivity index (χ0v) is 13.7. The van der Waals surface area contributed by atoms with Crippen LogP contribution in [-0.4, -0.2) is 42.9 Å². The van der Waals surface area contributed by atoms with Crippen LogP contribution in [0.25, 0.3) is 0 Å². The first-order valence-electron chi connectivity index (χ1n) is 7.92. The lowest BCUT2D eigenvalue weighted by molar-refractivity contribution is -0.121. The van der Waals surface area contributed by atoms with E-state index in [1.807, 2.05) is 13.8 Å². The Balaban J connectivity index is 1.84. The summed E-state index contributed by atoms with van der Waals surface area (Å²) in [6, 6.07) is 8.72. The molecule has 22 heavy (non-hydrogen) atoms. The van der Waals surface area contributed by atoms with Crippen LogP contribution in [0.4, 0.5) is 0 Å². The van der Waals surface area contributed by atoms with Gasteiger partial charge in [-0.3, -0.25) is 9.79 Å². The van der Waals surface area contributed by atoms with Crippen LogP contribution < -0.4 is 10.6 Å². The van der Waals surface area contributed by atoms with E-state index in [0.29, 0.717) is 13.0 Å². The minimum absolute atomic E-state index is 0.0712. The summed E-state index contributed by atoms with van der Waals surface area (Å²) in [4.78, 5) is 18.2. The van der Waals surface area contributed by atoms with Crippen molar-refractivity contribution < 1.29 is 4.79 Å². The Morgan fingerprint density at radius 1 is 1.32 bits per heavy atom.